The van der Waals surface area contributed by atoms with Crippen molar-refractivity contribution < 1.29 is 4.42 Å². The van der Waals surface area contributed by atoms with Gasteiger partial charge in [-0.1, -0.05) is 133 Å². The summed E-state index contributed by atoms with van der Waals surface area (Å²) < 4.78 is 8.87. The fourth-order valence-corrected chi connectivity index (χ4v) is 8.10. The minimum Gasteiger partial charge on any atom is -0.455 e. The molecule has 274 valence electrons. The lowest BCUT2D eigenvalue weighted by atomic mass is 9.98. The van der Waals surface area contributed by atoms with Crippen molar-refractivity contribution >= 4 is 43.7 Å². The fraction of sp³-hybridized carbons (Fsp3) is 0.0400. The van der Waals surface area contributed by atoms with Crippen molar-refractivity contribution in [3.63, 3.8) is 0 Å². The van der Waals surface area contributed by atoms with Gasteiger partial charge in [0.25, 0.3) is 0 Å². The van der Waals surface area contributed by atoms with E-state index in [1.165, 1.54) is 0 Å². The Morgan fingerprint density at radius 1 is 0.379 bits per heavy atom. The summed E-state index contributed by atoms with van der Waals surface area (Å²) in [5.74, 6) is 3.72. The molecule has 0 atom stereocenters. The van der Waals surface area contributed by atoms with Gasteiger partial charge in [-0.25, -0.2) is 29.9 Å². The number of benzene rings is 7. The summed E-state index contributed by atoms with van der Waals surface area (Å²) >= 11 is 0. The van der Waals surface area contributed by atoms with E-state index in [-0.39, 0.29) is 0 Å². The van der Waals surface area contributed by atoms with Gasteiger partial charge < -0.3 is 8.98 Å². The molecule has 8 heteroatoms. The van der Waals surface area contributed by atoms with Gasteiger partial charge in [0.05, 0.1) is 16.7 Å². The molecule has 0 fully saturated rings. The van der Waals surface area contributed by atoms with E-state index in [4.69, 9.17) is 29.3 Å². The largest absolute Gasteiger partial charge is 0.455 e. The first-order chi connectivity index (χ1) is 28.6. The van der Waals surface area contributed by atoms with Crippen molar-refractivity contribution in [1.29, 1.82) is 0 Å². The van der Waals surface area contributed by atoms with Crippen molar-refractivity contribution in [1.82, 2.24) is 34.5 Å². The standard InChI is InChI=1S/C50H33N7O/c1-30-51-31(2)53-49(52-30)35-24-26-38-37-18-9-11-22-42(37)57(44(38)29-35)43-27-25-34(36-20-13-21-40-39-19-10-12-23-45(39)58-46(36)40)28-41(43)50-55-47(32-14-5-3-6-15-32)54-48(56-50)33-16-7-4-8-17-33/h3-29H,1-2H3. The van der Waals surface area contributed by atoms with Crippen LogP contribution in [-0.4, -0.2) is 34.5 Å². The van der Waals surface area contributed by atoms with Crippen molar-refractivity contribution in [3.8, 4) is 62.4 Å². The third kappa shape index (κ3) is 5.61. The van der Waals surface area contributed by atoms with E-state index in [1.807, 2.05) is 92.7 Å². The van der Waals surface area contributed by atoms with Crippen LogP contribution in [0, 0.1) is 13.8 Å². The molecule has 0 aliphatic carbocycles. The number of furan rings is 1. The molecular formula is C50H33N7O. The Morgan fingerprint density at radius 2 is 0.966 bits per heavy atom. The zero-order valence-corrected chi connectivity index (χ0v) is 31.6. The minimum atomic E-state index is 0.548. The second-order valence-corrected chi connectivity index (χ2v) is 14.4. The Morgan fingerprint density at radius 3 is 1.71 bits per heavy atom. The van der Waals surface area contributed by atoms with Crippen LogP contribution < -0.4 is 0 Å². The van der Waals surface area contributed by atoms with Crippen LogP contribution in [0.15, 0.2) is 168 Å². The zero-order chi connectivity index (χ0) is 38.7. The second kappa shape index (κ2) is 13.4. The van der Waals surface area contributed by atoms with Gasteiger partial charge in [0.1, 0.15) is 22.8 Å². The highest BCUT2D eigenvalue weighted by Gasteiger charge is 2.22. The first-order valence-electron chi connectivity index (χ1n) is 19.2. The van der Waals surface area contributed by atoms with Gasteiger partial charge in [-0.3, -0.25) is 0 Å². The molecule has 0 aliphatic heterocycles. The SMILES string of the molecule is Cc1nc(C)nc(-c2ccc3c4ccccc4n(-c4ccc(-c5cccc6c5oc5ccccc56)cc4-c4nc(-c5ccccc5)nc(-c5ccccc5)n4)c3c2)n1. The molecule has 7 aromatic carbocycles. The molecule has 0 N–H and O–H groups in total. The lowest BCUT2D eigenvalue weighted by molar-refractivity contribution is 0.670. The second-order valence-electron chi connectivity index (χ2n) is 14.4. The molecule has 0 amide bonds. The van der Waals surface area contributed by atoms with Gasteiger partial charge in [0.15, 0.2) is 23.3 Å². The van der Waals surface area contributed by atoms with Gasteiger partial charge in [0.2, 0.25) is 0 Å². The summed E-state index contributed by atoms with van der Waals surface area (Å²) in [5, 5.41) is 4.38. The monoisotopic (exact) mass is 747 g/mol. The maximum atomic E-state index is 6.56. The summed E-state index contributed by atoms with van der Waals surface area (Å²) in [4.78, 5) is 29.4. The molecule has 4 heterocycles. The molecule has 11 rings (SSSR count). The molecule has 0 saturated carbocycles. The van der Waals surface area contributed by atoms with E-state index in [0.29, 0.717) is 34.9 Å². The lowest BCUT2D eigenvalue weighted by Crippen LogP contribution is -2.04. The number of aromatic nitrogens is 7. The highest BCUT2D eigenvalue weighted by Crippen LogP contribution is 2.41. The Hall–Kier alpha value is -7.84. The summed E-state index contributed by atoms with van der Waals surface area (Å²) in [6.45, 7) is 3.80. The maximum absolute atomic E-state index is 6.56. The van der Waals surface area contributed by atoms with Gasteiger partial charge >= 0.3 is 0 Å². The number of nitrogens with zero attached hydrogens (tertiary/aromatic N) is 7. The fourth-order valence-electron chi connectivity index (χ4n) is 8.10. The quantitative estimate of drug-likeness (QED) is 0.167. The Kier molecular flexibility index (Phi) is 7.75. The molecule has 4 aromatic heterocycles. The predicted octanol–water partition coefficient (Wildman–Crippen LogP) is 12.0. The van der Waals surface area contributed by atoms with Crippen LogP contribution in [0.5, 0.6) is 0 Å². The van der Waals surface area contributed by atoms with E-state index >= 15 is 0 Å². The van der Waals surface area contributed by atoms with Crippen molar-refractivity contribution in [2.24, 2.45) is 0 Å². The molecular weight excluding hydrogens is 715 g/mol. The van der Waals surface area contributed by atoms with Crippen molar-refractivity contribution in [2.75, 3.05) is 0 Å². The maximum Gasteiger partial charge on any atom is 0.166 e. The Balaban J connectivity index is 1.23. The molecule has 0 bridgehead atoms. The smallest absolute Gasteiger partial charge is 0.166 e. The molecule has 0 aliphatic rings. The van der Waals surface area contributed by atoms with Gasteiger partial charge in [-0.05, 0) is 49.7 Å². The predicted molar refractivity (Wildman–Crippen MR) is 231 cm³/mol. The first-order valence-corrected chi connectivity index (χ1v) is 19.2. The molecule has 0 unspecified atom stereocenters. The van der Waals surface area contributed by atoms with Crippen LogP contribution in [0.3, 0.4) is 0 Å². The Bertz CT molecular complexity index is 3290. The summed E-state index contributed by atoms with van der Waals surface area (Å²) in [5.41, 5.74) is 10.1. The lowest BCUT2D eigenvalue weighted by Gasteiger charge is -2.16. The van der Waals surface area contributed by atoms with Crippen LogP contribution >= 0.6 is 0 Å². The van der Waals surface area contributed by atoms with Crippen LogP contribution in [-0.2, 0) is 0 Å². The van der Waals surface area contributed by atoms with E-state index in [1.54, 1.807) is 0 Å². The van der Waals surface area contributed by atoms with E-state index in [0.717, 1.165) is 82.8 Å². The minimum absolute atomic E-state index is 0.548. The summed E-state index contributed by atoms with van der Waals surface area (Å²) in [6.07, 6.45) is 0. The summed E-state index contributed by atoms with van der Waals surface area (Å²) in [6, 6.07) is 56.1. The van der Waals surface area contributed by atoms with Crippen LogP contribution in [0.2, 0.25) is 0 Å². The van der Waals surface area contributed by atoms with Gasteiger partial charge in [0, 0.05) is 49.4 Å². The normalized spacial score (nSPS) is 11.6. The molecule has 0 spiro atoms. The summed E-state index contributed by atoms with van der Waals surface area (Å²) in [7, 11) is 0. The number of hydrogen-bond donors (Lipinski definition) is 0. The number of hydrogen-bond acceptors (Lipinski definition) is 7. The van der Waals surface area contributed by atoms with E-state index in [9.17, 15) is 0 Å². The molecule has 58 heavy (non-hydrogen) atoms. The molecule has 0 radical (unpaired) electrons. The zero-order valence-electron chi connectivity index (χ0n) is 31.6. The van der Waals surface area contributed by atoms with Gasteiger partial charge in [-0.2, -0.15) is 0 Å². The third-order valence-corrected chi connectivity index (χ3v) is 10.7. The number of rotatable bonds is 6. The van der Waals surface area contributed by atoms with Crippen molar-refractivity contribution in [3.05, 3.63) is 175 Å². The first kappa shape index (κ1) is 33.5. The highest BCUT2D eigenvalue weighted by atomic mass is 16.3. The van der Waals surface area contributed by atoms with E-state index < -0.39 is 0 Å². The Labute approximate surface area is 333 Å². The third-order valence-electron chi connectivity index (χ3n) is 10.7. The number of fused-ring (bicyclic) bond motifs is 6. The van der Waals surface area contributed by atoms with Crippen molar-refractivity contribution in [2.45, 2.75) is 13.8 Å². The van der Waals surface area contributed by atoms with Crippen LogP contribution in [0.1, 0.15) is 11.6 Å². The molecule has 8 nitrogen and oxygen atoms in total. The van der Waals surface area contributed by atoms with E-state index in [2.05, 4.69) is 94.5 Å². The van der Waals surface area contributed by atoms with Gasteiger partial charge in [-0.15, -0.1) is 0 Å². The topological polar surface area (TPSA) is 95.4 Å². The number of para-hydroxylation sites is 3. The molecule has 0 saturated heterocycles. The average Bonchev–Trinajstić information content (AvgIpc) is 3.82. The van der Waals surface area contributed by atoms with Crippen LogP contribution in [0.4, 0.5) is 0 Å². The highest BCUT2D eigenvalue weighted by molar-refractivity contribution is 6.12. The molecule has 11 aromatic rings. The van der Waals surface area contributed by atoms with Crippen LogP contribution in [0.25, 0.3) is 106 Å². The number of aryl methyl sites for hydroxylation is 2. The average molecular weight is 748 g/mol.